The number of nitrogens with zero attached hydrogens (tertiary/aromatic N) is 1. The van der Waals surface area contributed by atoms with Crippen molar-refractivity contribution in [1.82, 2.24) is 4.57 Å². The number of alkyl halides is 1. The van der Waals surface area contributed by atoms with Crippen molar-refractivity contribution in [3.05, 3.63) is 34.4 Å². The molecule has 1 aromatic heterocycles. The van der Waals surface area contributed by atoms with Crippen molar-refractivity contribution in [2.45, 2.75) is 6.54 Å². The molecule has 4 heteroatoms. The van der Waals surface area contributed by atoms with Gasteiger partial charge >= 0.3 is 0 Å². The highest BCUT2D eigenvalue weighted by Crippen LogP contribution is 2.29. The maximum absolute atomic E-state index is 12.4. The van der Waals surface area contributed by atoms with E-state index in [9.17, 15) is 9.18 Å². The Bertz CT molecular complexity index is 507. The third-order valence-electron chi connectivity index (χ3n) is 2.37. The summed E-state index contributed by atoms with van der Waals surface area (Å²) in [6, 6.07) is 7.55. The number of aryl methyl sites for hydroxylation is 1. The third-order valence-corrected chi connectivity index (χ3v) is 3.20. The van der Waals surface area contributed by atoms with Crippen LogP contribution in [0, 0.1) is 0 Å². The maximum Gasteiger partial charge on any atom is 0.167 e. The van der Waals surface area contributed by atoms with Crippen molar-refractivity contribution < 1.29 is 9.18 Å². The molecule has 0 saturated carbocycles. The van der Waals surface area contributed by atoms with Gasteiger partial charge in [-0.2, -0.15) is 0 Å². The molecule has 0 aliphatic carbocycles. The molecule has 0 N–H and O–H groups in total. The van der Waals surface area contributed by atoms with Gasteiger partial charge in [-0.25, -0.2) is 4.39 Å². The Kier molecular flexibility index (Phi) is 2.86. The molecule has 0 saturated heterocycles. The summed E-state index contributed by atoms with van der Waals surface area (Å²) in [5.41, 5.74) is 1.37. The van der Waals surface area contributed by atoms with E-state index in [4.69, 9.17) is 0 Å². The van der Waals surface area contributed by atoms with Crippen molar-refractivity contribution in [2.75, 3.05) is 6.67 Å². The monoisotopic (exact) mass is 269 g/mol. The van der Waals surface area contributed by atoms with E-state index >= 15 is 0 Å². The quantitative estimate of drug-likeness (QED) is 0.785. The zero-order chi connectivity index (χ0) is 10.8. The molecule has 0 atom stereocenters. The predicted octanol–water partition coefficient (Wildman–Crippen LogP) is 3.19. The highest BCUT2D eigenvalue weighted by Gasteiger charge is 2.13. The fourth-order valence-electron chi connectivity index (χ4n) is 1.72. The van der Waals surface area contributed by atoms with Crippen molar-refractivity contribution in [1.29, 1.82) is 0 Å². The van der Waals surface area contributed by atoms with E-state index in [2.05, 4.69) is 15.9 Å². The van der Waals surface area contributed by atoms with E-state index in [1.165, 1.54) is 0 Å². The Balaban J connectivity index is 2.78. The fourth-order valence-corrected chi connectivity index (χ4v) is 2.36. The van der Waals surface area contributed by atoms with E-state index < -0.39 is 6.67 Å². The van der Waals surface area contributed by atoms with Gasteiger partial charge in [-0.3, -0.25) is 4.79 Å². The van der Waals surface area contributed by atoms with Crippen LogP contribution in [0.25, 0.3) is 10.9 Å². The Labute approximate surface area is 94.8 Å². The number of rotatable bonds is 3. The number of aldehydes is 1. The number of para-hydroxylation sites is 1. The van der Waals surface area contributed by atoms with Crippen LogP contribution in [-0.2, 0) is 6.54 Å². The summed E-state index contributed by atoms with van der Waals surface area (Å²) in [6.07, 6.45) is 0.750. The molecule has 0 spiro atoms. The first-order valence-electron chi connectivity index (χ1n) is 4.57. The van der Waals surface area contributed by atoms with Crippen LogP contribution >= 0.6 is 15.9 Å². The first-order valence-corrected chi connectivity index (χ1v) is 5.36. The second-order valence-corrected chi connectivity index (χ2v) is 3.97. The van der Waals surface area contributed by atoms with Crippen molar-refractivity contribution in [3.63, 3.8) is 0 Å². The molecule has 0 radical (unpaired) electrons. The standard InChI is InChI=1S/C11H9BrFNO/c12-11-8-3-1-2-4-9(8)14(6-5-13)10(11)7-15/h1-4,7H,5-6H2. The predicted molar refractivity (Wildman–Crippen MR) is 61.0 cm³/mol. The van der Waals surface area contributed by atoms with Gasteiger partial charge in [-0.1, -0.05) is 18.2 Å². The lowest BCUT2D eigenvalue weighted by Crippen LogP contribution is -2.03. The summed E-state index contributed by atoms with van der Waals surface area (Å²) in [7, 11) is 0. The molecule has 0 fully saturated rings. The molecule has 1 aromatic carbocycles. The number of carbonyl (C=O) groups excluding carboxylic acids is 1. The molecule has 0 aliphatic rings. The number of hydrogen-bond donors (Lipinski definition) is 0. The summed E-state index contributed by atoms with van der Waals surface area (Å²) in [6.45, 7) is -0.272. The van der Waals surface area contributed by atoms with Crippen molar-refractivity contribution in [2.24, 2.45) is 0 Å². The Morgan fingerprint density at radius 1 is 1.40 bits per heavy atom. The topological polar surface area (TPSA) is 22.0 Å². The SMILES string of the molecule is O=Cc1c(Br)c2ccccc2n1CCF. The molecule has 0 bridgehead atoms. The second-order valence-electron chi connectivity index (χ2n) is 3.17. The van der Waals surface area contributed by atoms with Crippen LogP contribution in [0.1, 0.15) is 10.5 Å². The fraction of sp³-hybridized carbons (Fsp3) is 0.182. The Morgan fingerprint density at radius 3 is 2.80 bits per heavy atom. The van der Waals surface area contributed by atoms with Crippen LogP contribution in [0.2, 0.25) is 0 Å². The highest BCUT2D eigenvalue weighted by molar-refractivity contribution is 9.10. The normalized spacial score (nSPS) is 10.8. The minimum absolute atomic E-state index is 0.209. The van der Waals surface area contributed by atoms with Crippen LogP contribution in [0.3, 0.4) is 0 Å². The molecule has 2 aromatic rings. The van der Waals surface area contributed by atoms with Gasteiger partial charge in [0, 0.05) is 10.9 Å². The van der Waals surface area contributed by atoms with E-state index in [1.807, 2.05) is 24.3 Å². The molecular weight excluding hydrogens is 261 g/mol. The van der Waals surface area contributed by atoms with Gasteiger partial charge < -0.3 is 4.57 Å². The van der Waals surface area contributed by atoms with E-state index in [-0.39, 0.29) is 6.54 Å². The molecule has 15 heavy (non-hydrogen) atoms. The minimum atomic E-state index is -0.480. The highest BCUT2D eigenvalue weighted by atomic mass is 79.9. The number of carbonyl (C=O) groups is 1. The number of hydrogen-bond acceptors (Lipinski definition) is 1. The van der Waals surface area contributed by atoms with Crippen LogP contribution in [-0.4, -0.2) is 17.5 Å². The Morgan fingerprint density at radius 2 is 2.13 bits per heavy atom. The summed E-state index contributed by atoms with van der Waals surface area (Å²) in [5.74, 6) is 0. The lowest BCUT2D eigenvalue weighted by Gasteiger charge is -2.03. The molecule has 0 aliphatic heterocycles. The van der Waals surface area contributed by atoms with Crippen molar-refractivity contribution in [3.8, 4) is 0 Å². The first-order chi connectivity index (χ1) is 7.29. The average Bonchev–Trinajstić information content (AvgIpc) is 2.54. The lowest BCUT2D eigenvalue weighted by molar-refractivity contribution is 0.111. The molecule has 1 heterocycles. The molecule has 78 valence electrons. The van der Waals surface area contributed by atoms with Crippen LogP contribution in [0.4, 0.5) is 4.39 Å². The molecule has 0 unspecified atom stereocenters. The van der Waals surface area contributed by atoms with Gasteiger partial charge in [-0.15, -0.1) is 0 Å². The second kappa shape index (κ2) is 4.14. The largest absolute Gasteiger partial charge is 0.335 e. The number of benzene rings is 1. The minimum Gasteiger partial charge on any atom is -0.335 e. The van der Waals surface area contributed by atoms with Gasteiger partial charge in [-0.05, 0) is 22.0 Å². The molecule has 0 amide bonds. The zero-order valence-electron chi connectivity index (χ0n) is 7.91. The van der Waals surface area contributed by atoms with Gasteiger partial charge in [0.15, 0.2) is 6.29 Å². The molecule has 2 nitrogen and oxygen atoms in total. The summed E-state index contributed by atoms with van der Waals surface area (Å²) in [5, 5.41) is 0.938. The van der Waals surface area contributed by atoms with Crippen LogP contribution in [0.15, 0.2) is 28.7 Å². The van der Waals surface area contributed by atoms with E-state index in [1.54, 1.807) is 4.57 Å². The van der Waals surface area contributed by atoms with Crippen molar-refractivity contribution >= 4 is 33.1 Å². The Hall–Kier alpha value is -1.16. The maximum atomic E-state index is 12.4. The summed E-state index contributed by atoms with van der Waals surface area (Å²) >= 11 is 3.36. The molecule has 2 rings (SSSR count). The van der Waals surface area contributed by atoms with Crippen LogP contribution < -0.4 is 0 Å². The summed E-state index contributed by atoms with van der Waals surface area (Å²) in [4.78, 5) is 10.9. The summed E-state index contributed by atoms with van der Waals surface area (Å²) < 4.78 is 14.8. The van der Waals surface area contributed by atoms with Gasteiger partial charge in [0.1, 0.15) is 6.67 Å². The van der Waals surface area contributed by atoms with Gasteiger partial charge in [0.2, 0.25) is 0 Å². The van der Waals surface area contributed by atoms with E-state index in [0.717, 1.165) is 21.7 Å². The average molecular weight is 270 g/mol. The third kappa shape index (κ3) is 1.59. The van der Waals surface area contributed by atoms with Gasteiger partial charge in [0.25, 0.3) is 0 Å². The lowest BCUT2D eigenvalue weighted by atomic mass is 10.2. The number of fused-ring (bicyclic) bond motifs is 1. The number of aromatic nitrogens is 1. The van der Waals surface area contributed by atoms with Crippen LogP contribution in [0.5, 0.6) is 0 Å². The van der Waals surface area contributed by atoms with E-state index in [0.29, 0.717) is 5.69 Å². The smallest absolute Gasteiger partial charge is 0.167 e. The van der Waals surface area contributed by atoms with Gasteiger partial charge in [0.05, 0.1) is 16.7 Å². The first kappa shape index (κ1) is 10.4. The molecular formula is C11H9BrFNO. The number of halogens is 2. The zero-order valence-corrected chi connectivity index (χ0v) is 9.50.